The van der Waals surface area contributed by atoms with Gasteiger partial charge in [-0.25, -0.2) is 4.98 Å². The minimum absolute atomic E-state index is 0.108. The van der Waals surface area contributed by atoms with E-state index in [2.05, 4.69) is 16.3 Å². The molecule has 2 heterocycles. The molecule has 2 aromatic heterocycles. The minimum atomic E-state index is 0.108. The fraction of sp³-hybridized carbons (Fsp3) is 0.375. The third-order valence-electron chi connectivity index (χ3n) is 1.94. The summed E-state index contributed by atoms with van der Waals surface area (Å²) in [5.74, 6) is 0. The van der Waals surface area contributed by atoms with E-state index in [9.17, 15) is 0 Å². The zero-order chi connectivity index (χ0) is 8.72. The molecule has 4 heteroatoms. The molecule has 64 valence electrons. The molecule has 2 rings (SSSR count). The Morgan fingerprint density at radius 3 is 3.00 bits per heavy atom. The van der Waals surface area contributed by atoms with E-state index in [0.717, 1.165) is 4.96 Å². The van der Waals surface area contributed by atoms with Crippen LogP contribution in [0.2, 0.25) is 0 Å². The molecule has 2 N–H and O–H groups in total. The minimum Gasteiger partial charge on any atom is -0.323 e. The quantitative estimate of drug-likeness (QED) is 0.728. The molecule has 1 unspecified atom stereocenters. The summed E-state index contributed by atoms with van der Waals surface area (Å²) in [5, 5.41) is 0. The van der Waals surface area contributed by atoms with Crippen LogP contribution in [0.5, 0.6) is 0 Å². The first-order valence-electron chi connectivity index (χ1n) is 3.88. The first-order chi connectivity index (χ1) is 5.70. The van der Waals surface area contributed by atoms with Gasteiger partial charge in [0.05, 0.1) is 0 Å². The summed E-state index contributed by atoms with van der Waals surface area (Å²) in [4.78, 5) is 6.46. The van der Waals surface area contributed by atoms with Crippen molar-refractivity contribution in [3.05, 3.63) is 23.0 Å². The van der Waals surface area contributed by atoms with Gasteiger partial charge in [-0.15, -0.1) is 0 Å². The van der Waals surface area contributed by atoms with E-state index < -0.39 is 0 Å². The van der Waals surface area contributed by atoms with Crippen LogP contribution in [0.25, 0.3) is 4.96 Å². The summed E-state index contributed by atoms with van der Waals surface area (Å²) in [6.07, 6.45) is 3.77. The highest BCUT2D eigenvalue weighted by molar-refractivity contribution is 7.17. The Morgan fingerprint density at radius 2 is 2.42 bits per heavy atom. The third-order valence-corrected chi connectivity index (χ3v) is 3.31. The van der Waals surface area contributed by atoms with Crippen molar-refractivity contribution in [2.24, 2.45) is 5.73 Å². The van der Waals surface area contributed by atoms with Gasteiger partial charge in [-0.3, -0.25) is 4.40 Å². The van der Waals surface area contributed by atoms with Crippen LogP contribution in [0.4, 0.5) is 0 Å². The molecule has 12 heavy (non-hydrogen) atoms. The van der Waals surface area contributed by atoms with Gasteiger partial charge in [0.15, 0.2) is 4.96 Å². The lowest BCUT2D eigenvalue weighted by Crippen LogP contribution is -2.04. The van der Waals surface area contributed by atoms with Crippen LogP contribution in [0.15, 0.2) is 12.4 Å². The molecular formula is C8H11N3S. The number of thiazole rings is 1. The second-order valence-corrected chi connectivity index (χ2v) is 3.93. The number of hydrogen-bond acceptors (Lipinski definition) is 3. The zero-order valence-electron chi connectivity index (χ0n) is 7.11. The summed E-state index contributed by atoms with van der Waals surface area (Å²) in [5.41, 5.74) is 7.02. The number of hydrogen-bond donors (Lipinski definition) is 1. The normalized spacial score (nSPS) is 13.9. The fourth-order valence-corrected chi connectivity index (χ4v) is 2.37. The van der Waals surface area contributed by atoms with E-state index >= 15 is 0 Å². The van der Waals surface area contributed by atoms with Crippen molar-refractivity contribution < 1.29 is 0 Å². The molecule has 0 spiro atoms. The lowest BCUT2D eigenvalue weighted by molar-refractivity contribution is 0.820. The molecular weight excluding hydrogens is 170 g/mol. The molecule has 0 saturated carbocycles. The number of nitrogens with two attached hydrogens (primary N) is 1. The van der Waals surface area contributed by atoms with Gasteiger partial charge in [0.25, 0.3) is 0 Å². The fourth-order valence-electron chi connectivity index (χ4n) is 1.33. The molecule has 0 amide bonds. The second-order valence-electron chi connectivity index (χ2n) is 2.92. The van der Waals surface area contributed by atoms with Crippen molar-refractivity contribution >= 4 is 16.3 Å². The van der Waals surface area contributed by atoms with Gasteiger partial charge < -0.3 is 5.73 Å². The topological polar surface area (TPSA) is 43.3 Å². The molecule has 0 bridgehead atoms. The molecule has 3 nitrogen and oxygen atoms in total. The van der Waals surface area contributed by atoms with E-state index in [1.165, 1.54) is 10.6 Å². The van der Waals surface area contributed by atoms with Crippen molar-refractivity contribution in [3.63, 3.8) is 0 Å². The predicted octanol–water partition coefficient (Wildman–Crippen LogP) is 1.72. The van der Waals surface area contributed by atoms with Gasteiger partial charge in [-0.2, -0.15) is 0 Å². The highest BCUT2D eigenvalue weighted by Gasteiger charge is 2.11. The summed E-state index contributed by atoms with van der Waals surface area (Å²) in [6.45, 7) is 4.07. The standard InChI is InChI=1S/C8H11N3S/c1-5(9)7-6(2)11-4-3-10-8(11)12-7/h3-5H,9H2,1-2H3. The van der Waals surface area contributed by atoms with E-state index in [1.54, 1.807) is 11.3 Å². The van der Waals surface area contributed by atoms with E-state index in [1.807, 2.05) is 19.3 Å². The number of fused-ring (bicyclic) bond motifs is 1. The second kappa shape index (κ2) is 2.57. The van der Waals surface area contributed by atoms with Gasteiger partial charge in [0.1, 0.15) is 0 Å². The number of imidazole rings is 1. The summed E-state index contributed by atoms with van der Waals surface area (Å²) >= 11 is 1.67. The van der Waals surface area contributed by atoms with Crippen molar-refractivity contribution in [3.8, 4) is 0 Å². The number of nitrogens with zero attached hydrogens (tertiary/aromatic N) is 2. The molecule has 1 atom stereocenters. The first kappa shape index (κ1) is 7.76. The maximum atomic E-state index is 5.81. The van der Waals surface area contributed by atoms with Crippen LogP contribution in [0.1, 0.15) is 23.5 Å². The molecule has 0 aliphatic carbocycles. The first-order valence-corrected chi connectivity index (χ1v) is 4.69. The average molecular weight is 181 g/mol. The van der Waals surface area contributed by atoms with Crippen LogP contribution < -0.4 is 5.73 Å². The van der Waals surface area contributed by atoms with Crippen LogP contribution >= 0.6 is 11.3 Å². The maximum Gasteiger partial charge on any atom is 0.194 e. The summed E-state index contributed by atoms with van der Waals surface area (Å²) < 4.78 is 2.07. The van der Waals surface area contributed by atoms with E-state index in [-0.39, 0.29) is 6.04 Å². The van der Waals surface area contributed by atoms with Crippen molar-refractivity contribution in [1.29, 1.82) is 0 Å². The summed E-state index contributed by atoms with van der Waals surface area (Å²) in [7, 11) is 0. The molecule has 0 aliphatic heterocycles. The zero-order valence-corrected chi connectivity index (χ0v) is 7.93. The monoisotopic (exact) mass is 181 g/mol. The van der Waals surface area contributed by atoms with Gasteiger partial charge in [-0.1, -0.05) is 11.3 Å². The third kappa shape index (κ3) is 0.956. The van der Waals surface area contributed by atoms with Crippen molar-refractivity contribution in [2.45, 2.75) is 19.9 Å². The molecule has 0 aliphatic rings. The summed E-state index contributed by atoms with van der Waals surface area (Å²) in [6, 6.07) is 0.108. The largest absolute Gasteiger partial charge is 0.323 e. The van der Waals surface area contributed by atoms with Crippen LogP contribution in [-0.4, -0.2) is 9.38 Å². The van der Waals surface area contributed by atoms with Crippen molar-refractivity contribution in [2.75, 3.05) is 0 Å². The number of aryl methyl sites for hydroxylation is 1. The van der Waals surface area contributed by atoms with Gasteiger partial charge in [0.2, 0.25) is 0 Å². The smallest absolute Gasteiger partial charge is 0.194 e. The Kier molecular flexibility index (Phi) is 1.66. The SMILES string of the molecule is Cc1c(C(C)N)sc2nccn12. The van der Waals surface area contributed by atoms with Crippen LogP contribution in [-0.2, 0) is 0 Å². The maximum absolute atomic E-state index is 5.81. The Morgan fingerprint density at radius 1 is 1.67 bits per heavy atom. The highest BCUT2D eigenvalue weighted by Crippen LogP contribution is 2.25. The Bertz CT molecular complexity index is 399. The number of aromatic nitrogens is 2. The van der Waals surface area contributed by atoms with Gasteiger partial charge in [0, 0.05) is 29.0 Å². The molecule has 0 saturated heterocycles. The lowest BCUT2D eigenvalue weighted by atomic mass is 10.2. The van der Waals surface area contributed by atoms with Crippen LogP contribution in [0.3, 0.4) is 0 Å². The van der Waals surface area contributed by atoms with Crippen molar-refractivity contribution in [1.82, 2.24) is 9.38 Å². The van der Waals surface area contributed by atoms with Crippen LogP contribution in [0, 0.1) is 6.92 Å². The van der Waals surface area contributed by atoms with Gasteiger partial charge in [-0.05, 0) is 13.8 Å². The highest BCUT2D eigenvalue weighted by atomic mass is 32.1. The Hall–Kier alpha value is -0.870. The molecule has 0 radical (unpaired) electrons. The predicted molar refractivity (Wildman–Crippen MR) is 50.4 cm³/mol. The van der Waals surface area contributed by atoms with E-state index in [0.29, 0.717) is 0 Å². The van der Waals surface area contributed by atoms with Gasteiger partial charge >= 0.3 is 0 Å². The Labute approximate surface area is 74.8 Å². The van der Waals surface area contributed by atoms with E-state index in [4.69, 9.17) is 5.73 Å². The number of rotatable bonds is 1. The lowest BCUT2D eigenvalue weighted by Gasteiger charge is -2.01. The molecule has 0 fully saturated rings. The molecule has 0 aromatic carbocycles. The molecule has 2 aromatic rings. The Balaban J connectivity index is 2.70. The average Bonchev–Trinajstić information content (AvgIpc) is 2.53.